The van der Waals surface area contributed by atoms with Crippen molar-refractivity contribution in [2.75, 3.05) is 24.8 Å². The molecule has 2 aromatic rings. The summed E-state index contributed by atoms with van der Waals surface area (Å²) in [4.78, 5) is 6.45. The molecule has 0 unspecified atom stereocenters. The zero-order chi connectivity index (χ0) is 15.8. The van der Waals surface area contributed by atoms with Crippen LogP contribution >= 0.6 is 11.3 Å². The van der Waals surface area contributed by atoms with E-state index in [0.29, 0.717) is 10.9 Å². The molecule has 0 spiro atoms. The molecule has 0 aliphatic heterocycles. The van der Waals surface area contributed by atoms with Crippen molar-refractivity contribution in [3.8, 4) is 0 Å². The van der Waals surface area contributed by atoms with Gasteiger partial charge >= 0.3 is 0 Å². The second-order valence-corrected chi connectivity index (χ2v) is 6.10. The minimum atomic E-state index is 0.514. The zero-order valence-corrected chi connectivity index (χ0v) is 13.9. The molecule has 0 aliphatic rings. The first-order valence-corrected chi connectivity index (χ1v) is 8.33. The number of benzene rings is 1. The van der Waals surface area contributed by atoms with Crippen LogP contribution in [0.4, 0.5) is 10.9 Å². The Bertz CT molecular complexity index is 608. The molecule has 0 radical (unpaired) electrons. The number of rotatable bonds is 8. The van der Waals surface area contributed by atoms with Gasteiger partial charge in [-0.25, -0.2) is 4.98 Å². The van der Waals surface area contributed by atoms with E-state index in [1.165, 1.54) is 29.7 Å². The number of hydrogen-bond donors (Lipinski definition) is 2. The summed E-state index contributed by atoms with van der Waals surface area (Å²) in [5, 5.41) is 6.74. The standard InChI is InChI=1S/C16H23N5S/c1-3-4-9-21(2)11-14-8-6-5-7-13(14)10-18-20-16-19-15(17)12-22-16/h5-8,10,12H,3-4,9,11,17H2,1-2H3,(H,19,20). The van der Waals surface area contributed by atoms with Gasteiger partial charge in [0, 0.05) is 11.9 Å². The number of nitrogens with zero attached hydrogens (tertiary/aromatic N) is 3. The second kappa shape index (κ2) is 8.51. The lowest BCUT2D eigenvalue weighted by atomic mass is 10.1. The maximum atomic E-state index is 5.58. The minimum Gasteiger partial charge on any atom is -0.383 e. The number of hydrogen-bond acceptors (Lipinski definition) is 6. The van der Waals surface area contributed by atoms with Gasteiger partial charge < -0.3 is 10.6 Å². The molecule has 0 bridgehead atoms. The van der Waals surface area contributed by atoms with E-state index in [0.717, 1.165) is 18.7 Å². The van der Waals surface area contributed by atoms with Crippen molar-refractivity contribution in [3.05, 3.63) is 40.8 Å². The van der Waals surface area contributed by atoms with Crippen molar-refractivity contribution in [1.82, 2.24) is 9.88 Å². The maximum absolute atomic E-state index is 5.58. The Labute approximate surface area is 135 Å². The zero-order valence-electron chi connectivity index (χ0n) is 13.1. The third-order valence-electron chi connectivity index (χ3n) is 3.27. The molecule has 1 aromatic carbocycles. The van der Waals surface area contributed by atoms with Crippen molar-refractivity contribution in [2.45, 2.75) is 26.3 Å². The maximum Gasteiger partial charge on any atom is 0.205 e. The minimum absolute atomic E-state index is 0.514. The van der Waals surface area contributed by atoms with E-state index in [9.17, 15) is 0 Å². The Kier molecular flexibility index (Phi) is 6.36. The third kappa shape index (κ3) is 5.13. The highest BCUT2D eigenvalue weighted by molar-refractivity contribution is 7.14. The molecule has 0 aliphatic carbocycles. The number of aromatic nitrogens is 1. The molecule has 0 atom stereocenters. The van der Waals surface area contributed by atoms with Crippen LogP contribution in [0.25, 0.3) is 0 Å². The topological polar surface area (TPSA) is 66.5 Å². The number of nitrogen functional groups attached to an aromatic ring is 1. The summed E-state index contributed by atoms with van der Waals surface area (Å²) in [5.41, 5.74) is 10.9. The van der Waals surface area contributed by atoms with E-state index in [2.05, 4.69) is 52.6 Å². The summed E-state index contributed by atoms with van der Waals surface area (Å²) >= 11 is 1.44. The molecule has 0 amide bonds. The second-order valence-electron chi connectivity index (χ2n) is 5.24. The Hall–Kier alpha value is -1.92. The summed E-state index contributed by atoms with van der Waals surface area (Å²) in [5.74, 6) is 0.514. The van der Waals surface area contributed by atoms with Crippen LogP contribution in [0.5, 0.6) is 0 Å². The van der Waals surface area contributed by atoms with Crippen LogP contribution in [0.1, 0.15) is 30.9 Å². The van der Waals surface area contributed by atoms with Crippen LogP contribution in [0.2, 0.25) is 0 Å². The molecule has 5 nitrogen and oxygen atoms in total. The van der Waals surface area contributed by atoms with Gasteiger partial charge in [-0.1, -0.05) is 37.6 Å². The lowest BCUT2D eigenvalue weighted by Crippen LogP contribution is -2.19. The Balaban J connectivity index is 1.98. The molecule has 22 heavy (non-hydrogen) atoms. The van der Waals surface area contributed by atoms with Crippen molar-refractivity contribution >= 4 is 28.5 Å². The number of unbranched alkanes of at least 4 members (excludes halogenated alkanes) is 1. The van der Waals surface area contributed by atoms with E-state index in [1.54, 1.807) is 5.38 Å². The molecule has 2 rings (SSSR count). The molecule has 0 fully saturated rings. The number of nitrogens with one attached hydrogen (secondary N) is 1. The largest absolute Gasteiger partial charge is 0.383 e. The summed E-state index contributed by atoms with van der Waals surface area (Å²) < 4.78 is 0. The third-order valence-corrected chi connectivity index (χ3v) is 4.04. The van der Waals surface area contributed by atoms with E-state index >= 15 is 0 Å². The summed E-state index contributed by atoms with van der Waals surface area (Å²) in [7, 11) is 2.15. The molecular formula is C16H23N5S. The van der Waals surface area contributed by atoms with Crippen LogP contribution in [-0.2, 0) is 6.54 Å². The number of nitrogens with two attached hydrogens (primary N) is 1. The van der Waals surface area contributed by atoms with Gasteiger partial charge in [0.15, 0.2) is 0 Å². The summed E-state index contributed by atoms with van der Waals surface area (Å²) in [6.45, 7) is 4.25. The first kappa shape index (κ1) is 16.5. The fraction of sp³-hybridized carbons (Fsp3) is 0.375. The van der Waals surface area contributed by atoms with Gasteiger partial charge in [-0.2, -0.15) is 5.10 Å². The first-order chi connectivity index (χ1) is 10.7. The molecule has 0 saturated carbocycles. The molecule has 0 saturated heterocycles. The molecule has 3 N–H and O–H groups in total. The van der Waals surface area contributed by atoms with Gasteiger partial charge in [0.25, 0.3) is 0 Å². The first-order valence-electron chi connectivity index (χ1n) is 7.45. The van der Waals surface area contributed by atoms with E-state index in [1.807, 2.05) is 12.3 Å². The predicted octanol–water partition coefficient (Wildman–Crippen LogP) is 3.40. The van der Waals surface area contributed by atoms with Crippen LogP contribution in [0.3, 0.4) is 0 Å². The highest BCUT2D eigenvalue weighted by atomic mass is 32.1. The summed E-state index contributed by atoms with van der Waals surface area (Å²) in [6.07, 6.45) is 4.27. The molecule has 1 heterocycles. The van der Waals surface area contributed by atoms with Crippen LogP contribution < -0.4 is 11.2 Å². The predicted molar refractivity (Wildman–Crippen MR) is 95.4 cm³/mol. The molecular weight excluding hydrogens is 294 g/mol. The number of hydrazone groups is 1. The van der Waals surface area contributed by atoms with Crippen molar-refractivity contribution in [3.63, 3.8) is 0 Å². The fourth-order valence-electron chi connectivity index (χ4n) is 2.10. The average molecular weight is 317 g/mol. The lowest BCUT2D eigenvalue weighted by molar-refractivity contribution is 0.320. The Morgan fingerprint density at radius 1 is 1.41 bits per heavy atom. The van der Waals surface area contributed by atoms with Crippen LogP contribution in [-0.4, -0.2) is 29.7 Å². The molecule has 118 valence electrons. The van der Waals surface area contributed by atoms with Gasteiger partial charge in [0.05, 0.1) is 6.21 Å². The van der Waals surface area contributed by atoms with Crippen LogP contribution in [0, 0.1) is 0 Å². The van der Waals surface area contributed by atoms with E-state index < -0.39 is 0 Å². The number of thiazole rings is 1. The van der Waals surface area contributed by atoms with E-state index in [-0.39, 0.29) is 0 Å². The van der Waals surface area contributed by atoms with Gasteiger partial charge in [-0.3, -0.25) is 5.43 Å². The van der Waals surface area contributed by atoms with Gasteiger partial charge in [0.2, 0.25) is 5.13 Å². The molecule has 1 aromatic heterocycles. The van der Waals surface area contributed by atoms with Crippen LogP contribution in [0.15, 0.2) is 34.7 Å². The van der Waals surface area contributed by atoms with Gasteiger partial charge in [-0.05, 0) is 31.1 Å². The highest BCUT2D eigenvalue weighted by Gasteiger charge is 2.04. The van der Waals surface area contributed by atoms with E-state index in [4.69, 9.17) is 5.73 Å². The quantitative estimate of drug-likeness (QED) is 0.578. The van der Waals surface area contributed by atoms with Crippen molar-refractivity contribution < 1.29 is 0 Å². The Morgan fingerprint density at radius 3 is 2.95 bits per heavy atom. The summed E-state index contributed by atoms with van der Waals surface area (Å²) in [6, 6.07) is 8.31. The van der Waals surface area contributed by atoms with Crippen molar-refractivity contribution in [1.29, 1.82) is 0 Å². The SMILES string of the molecule is CCCCN(C)Cc1ccccc1C=NNc1nc(N)cs1. The normalized spacial score (nSPS) is 11.4. The highest BCUT2D eigenvalue weighted by Crippen LogP contribution is 2.16. The van der Waals surface area contributed by atoms with Gasteiger partial charge in [-0.15, -0.1) is 11.3 Å². The smallest absolute Gasteiger partial charge is 0.205 e. The number of anilines is 2. The monoisotopic (exact) mass is 317 g/mol. The molecule has 6 heteroatoms. The van der Waals surface area contributed by atoms with Gasteiger partial charge in [0.1, 0.15) is 5.82 Å². The Morgan fingerprint density at radius 2 is 2.23 bits per heavy atom. The van der Waals surface area contributed by atoms with Crippen molar-refractivity contribution in [2.24, 2.45) is 5.10 Å². The average Bonchev–Trinajstić information content (AvgIpc) is 2.92. The lowest BCUT2D eigenvalue weighted by Gasteiger charge is -2.17. The fourth-order valence-corrected chi connectivity index (χ4v) is 2.65.